The quantitative estimate of drug-likeness (QED) is 0.772. The molecule has 3 aromatic rings. The van der Waals surface area contributed by atoms with E-state index in [1.807, 2.05) is 13.8 Å². The number of rotatable bonds is 5. The van der Waals surface area contributed by atoms with E-state index in [9.17, 15) is 8.42 Å². The molecule has 116 valence electrons. The van der Waals surface area contributed by atoms with E-state index in [1.165, 1.54) is 6.07 Å². The normalized spacial score (nSPS) is 13.4. The fourth-order valence-corrected chi connectivity index (χ4v) is 3.31. The zero-order valence-corrected chi connectivity index (χ0v) is 12.9. The van der Waals surface area contributed by atoms with Gasteiger partial charge in [-0.1, -0.05) is 13.0 Å². The molecule has 8 nitrogen and oxygen atoms in total. The van der Waals surface area contributed by atoms with E-state index >= 15 is 0 Å². The first-order chi connectivity index (χ1) is 10.5. The van der Waals surface area contributed by atoms with Crippen LogP contribution in [0.1, 0.15) is 26.3 Å². The first kappa shape index (κ1) is 14.5. The minimum atomic E-state index is -3.82. The van der Waals surface area contributed by atoms with Gasteiger partial charge in [0.2, 0.25) is 0 Å². The van der Waals surface area contributed by atoms with Crippen molar-refractivity contribution >= 4 is 26.9 Å². The van der Waals surface area contributed by atoms with Gasteiger partial charge in [-0.3, -0.25) is 4.72 Å². The number of aromatic nitrogens is 4. The second-order valence-electron chi connectivity index (χ2n) is 4.91. The fourth-order valence-electron chi connectivity index (χ4n) is 2.11. The van der Waals surface area contributed by atoms with E-state index in [0.717, 1.165) is 6.42 Å². The lowest BCUT2D eigenvalue weighted by atomic mass is 10.3. The number of nitrogens with one attached hydrogen (secondary N) is 1. The molecule has 2 aromatic heterocycles. The molecule has 0 aliphatic rings. The van der Waals surface area contributed by atoms with Crippen LogP contribution in [0.25, 0.3) is 11.0 Å². The Kier molecular flexibility index (Phi) is 3.57. The molecule has 1 aromatic carbocycles. The Balaban J connectivity index is 2.01. The molecule has 1 atom stereocenters. The maximum Gasteiger partial charge on any atom is 0.265 e. The summed E-state index contributed by atoms with van der Waals surface area (Å²) in [6, 6.07) is 6.38. The Morgan fingerprint density at radius 1 is 1.32 bits per heavy atom. The van der Waals surface area contributed by atoms with E-state index in [0.29, 0.717) is 11.3 Å². The van der Waals surface area contributed by atoms with Crippen molar-refractivity contribution in [3.8, 4) is 0 Å². The van der Waals surface area contributed by atoms with Crippen LogP contribution in [-0.2, 0) is 10.0 Å². The van der Waals surface area contributed by atoms with Crippen molar-refractivity contribution in [2.75, 3.05) is 4.72 Å². The van der Waals surface area contributed by atoms with Gasteiger partial charge in [0.25, 0.3) is 10.0 Å². The molecule has 0 saturated heterocycles. The van der Waals surface area contributed by atoms with Crippen LogP contribution in [-0.4, -0.2) is 28.5 Å². The molecule has 3 rings (SSSR count). The minimum absolute atomic E-state index is 0.0168. The van der Waals surface area contributed by atoms with E-state index in [4.69, 9.17) is 0 Å². The van der Waals surface area contributed by atoms with Crippen molar-refractivity contribution in [1.82, 2.24) is 20.1 Å². The molecular formula is C13H15N5O3S. The summed E-state index contributed by atoms with van der Waals surface area (Å²) in [5.74, 6) is 0.405. The van der Waals surface area contributed by atoms with Crippen LogP contribution in [0.2, 0.25) is 0 Å². The van der Waals surface area contributed by atoms with E-state index in [-0.39, 0.29) is 16.5 Å². The van der Waals surface area contributed by atoms with Gasteiger partial charge < -0.3 is 0 Å². The first-order valence-electron chi connectivity index (χ1n) is 6.80. The first-order valence-corrected chi connectivity index (χ1v) is 8.29. The third-order valence-electron chi connectivity index (χ3n) is 3.46. The molecule has 0 aliphatic heterocycles. The predicted molar refractivity (Wildman–Crippen MR) is 79.8 cm³/mol. The molecule has 0 aliphatic carbocycles. The van der Waals surface area contributed by atoms with Crippen molar-refractivity contribution in [3.05, 3.63) is 30.5 Å². The van der Waals surface area contributed by atoms with Crippen LogP contribution >= 0.6 is 0 Å². The zero-order chi connectivity index (χ0) is 15.7. The number of hydrogen-bond acceptors (Lipinski definition) is 6. The third kappa shape index (κ3) is 2.43. The van der Waals surface area contributed by atoms with E-state index < -0.39 is 10.0 Å². The number of benzene rings is 1. The van der Waals surface area contributed by atoms with E-state index in [2.05, 4.69) is 24.8 Å². The van der Waals surface area contributed by atoms with Gasteiger partial charge in [-0.2, -0.15) is 5.10 Å². The summed E-state index contributed by atoms with van der Waals surface area (Å²) in [6.45, 7) is 3.97. The molecule has 0 radical (unpaired) electrons. The number of hydrogen-bond donors (Lipinski definition) is 1. The van der Waals surface area contributed by atoms with Gasteiger partial charge in [0.05, 0.1) is 12.2 Å². The highest BCUT2D eigenvalue weighted by atomic mass is 32.2. The van der Waals surface area contributed by atoms with Crippen molar-refractivity contribution in [2.24, 2.45) is 0 Å². The average Bonchev–Trinajstić information content (AvgIpc) is 3.14. The predicted octanol–water partition coefficient (Wildman–Crippen LogP) is 2.19. The lowest BCUT2D eigenvalue weighted by molar-refractivity contribution is 0.315. The Labute approximate surface area is 127 Å². The summed E-state index contributed by atoms with van der Waals surface area (Å²) in [6.07, 6.45) is 2.39. The number of sulfonamides is 1. The van der Waals surface area contributed by atoms with Crippen LogP contribution in [0.15, 0.2) is 40.0 Å². The molecule has 0 amide bonds. The van der Waals surface area contributed by atoms with Crippen LogP contribution in [0.4, 0.5) is 5.82 Å². The molecule has 0 fully saturated rings. The lowest BCUT2D eigenvalue weighted by Gasteiger charge is -2.15. The zero-order valence-electron chi connectivity index (χ0n) is 12.1. The summed E-state index contributed by atoms with van der Waals surface area (Å²) in [7, 11) is -3.82. The van der Waals surface area contributed by atoms with E-state index in [1.54, 1.807) is 29.1 Å². The number of fused-ring (bicyclic) bond motifs is 1. The van der Waals surface area contributed by atoms with Gasteiger partial charge in [-0.15, -0.1) is 0 Å². The molecule has 1 N–H and O–H groups in total. The van der Waals surface area contributed by atoms with Gasteiger partial charge >= 0.3 is 0 Å². The number of nitrogens with zero attached hydrogens (tertiary/aromatic N) is 4. The summed E-state index contributed by atoms with van der Waals surface area (Å²) in [5.41, 5.74) is 0.586. The molecule has 22 heavy (non-hydrogen) atoms. The third-order valence-corrected chi connectivity index (χ3v) is 4.84. The highest BCUT2D eigenvalue weighted by molar-refractivity contribution is 7.93. The van der Waals surface area contributed by atoms with Crippen molar-refractivity contribution in [2.45, 2.75) is 31.2 Å². The van der Waals surface area contributed by atoms with Crippen molar-refractivity contribution < 1.29 is 13.0 Å². The fraction of sp³-hybridized carbons (Fsp3) is 0.308. The monoisotopic (exact) mass is 321 g/mol. The Morgan fingerprint density at radius 3 is 2.91 bits per heavy atom. The lowest BCUT2D eigenvalue weighted by Crippen LogP contribution is -2.18. The maximum absolute atomic E-state index is 12.6. The Hall–Kier alpha value is -2.42. The second kappa shape index (κ2) is 5.41. The average molecular weight is 321 g/mol. The summed E-state index contributed by atoms with van der Waals surface area (Å²) in [4.78, 5) is 0.0168. The highest BCUT2D eigenvalue weighted by Gasteiger charge is 2.22. The van der Waals surface area contributed by atoms with Crippen molar-refractivity contribution in [1.29, 1.82) is 0 Å². The van der Waals surface area contributed by atoms with Crippen LogP contribution in [0, 0.1) is 0 Å². The Bertz CT molecular complexity index is 899. The maximum atomic E-state index is 12.6. The largest absolute Gasteiger partial charge is 0.265 e. The van der Waals surface area contributed by atoms with Crippen molar-refractivity contribution in [3.63, 3.8) is 0 Å². The minimum Gasteiger partial charge on any atom is -0.263 e. The smallest absolute Gasteiger partial charge is 0.263 e. The highest BCUT2D eigenvalue weighted by Crippen LogP contribution is 2.24. The summed E-state index contributed by atoms with van der Waals surface area (Å²) < 4.78 is 34.0. The molecule has 0 bridgehead atoms. The molecule has 2 heterocycles. The van der Waals surface area contributed by atoms with Gasteiger partial charge in [-0.25, -0.2) is 17.7 Å². The van der Waals surface area contributed by atoms with Crippen LogP contribution in [0.3, 0.4) is 0 Å². The van der Waals surface area contributed by atoms with Gasteiger partial charge in [0.15, 0.2) is 5.52 Å². The molecule has 0 spiro atoms. The van der Waals surface area contributed by atoms with Crippen LogP contribution < -0.4 is 4.72 Å². The molecular weight excluding hydrogens is 306 g/mol. The topological polar surface area (TPSA) is 103 Å². The van der Waals surface area contributed by atoms with Gasteiger partial charge in [-0.05, 0) is 35.8 Å². The molecule has 0 saturated carbocycles. The Morgan fingerprint density at radius 2 is 2.14 bits per heavy atom. The van der Waals surface area contributed by atoms with Gasteiger partial charge in [0, 0.05) is 6.07 Å². The number of anilines is 1. The second-order valence-corrected chi connectivity index (χ2v) is 6.56. The van der Waals surface area contributed by atoms with Gasteiger partial charge in [0.1, 0.15) is 16.2 Å². The van der Waals surface area contributed by atoms with Crippen LogP contribution in [0.5, 0.6) is 0 Å². The molecule has 9 heteroatoms. The SMILES string of the molecule is CC[C@H](C)n1nccc1NS(=O)(=O)c1cccc2nonc12. The standard InChI is InChI=1S/C13H15N5O3S/c1-3-9(2)18-12(7-8-14-18)17-22(19,20)11-6-4-5-10-13(11)16-21-15-10/h4-9,17H,3H2,1-2H3/t9-/m0/s1. The summed E-state index contributed by atoms with van der Waals surface area (Å²) in [5, 5.41) is 11.5. The molecule has 0 unspecified atom stereocenters. The summed E-state index contributed by atoms with van der Waals surface area (Å²) >= 11 is 0.